The average molecular weight is 189 g/mol. The zero-order valence-corrected chi connectivity index (χ0v) is 7.00. The maximum atomic E-state index is 12.9. The molecule has 0 amide bonds. The van der Waals surface area contributed by atoms with Crippen molar-refractivity contribution in [2.45, 2.75) is 12.7 Å². The van der Waals surface area contributed by atoms with Crippen molar-refractivity contribution in [2.24, 2.45) is 0 Å². The van der Waals surface area contributed by atoms with E-state index in [1.807, 2.05) is 0 Å². The molecule has 1 aromatic rings. The van der Waals surface area contributed by atoms with Gasteiger partial charge >= 0.3 is 6.11 Å². The Balaban J connectivity index is 3.12. The van der Waals surface area contributed by atoms with Crippen molar-refractivity contribution in [3.63, 3.8) is 0 Å². The van der Waals surface area contributed by atoms with Gasteiger partial charge in [0, 0.05) is 18.9 Å². The van der Waals surface area contributed by atoms with E-state index in [9.17, 15) is 8.78 Å². The maximum absolute atomic E-state index is 12.9. The number of nitrogens with zero attached hydrogens (tertiary/aromatic N) is 1. The number of aliphatic hydroxyl groups excluding tert-OH is 1. The molecule has 1 aromatic heterocycles. The van der Waals surface area contributed by atoms with Gasteiger partial charge < -0.3 is 9.84 Å². The number of halogens is 2. The number of methoxy groups -OCH3 is 1. The molecule has 0 aliphatic rings. The molecule has 0 aromatic carbocycles. The van der Waals surface area contributed by atoms with Gasteiger partial charge in [0.15, 0.2) is 0 Å². The third kappa shape index (κ3) is 1.99. The zero-order valence-electron chi connectivity index (χ0n) is 7.00. The van der Waals surface area contributed by atoms with E-state index < -0.39 is 18.4 Å². The van der Waals surface area contributed by atoms with Crippen molar-refractivity contribution in [3.8, 4) is 0 Å². The van der Waals surface area contributed by atoms with Crippen molar-refractivity contribution >= 4 is 0 Å². The standard InChI is InChI=1S/C8H9F2NO2/c1-13-8(9,10)7-6(5-12)3-2-4-11-7/h2-4,12H,5H2,1H3. The average Bonchev–Trinajstić information content (AvgIpc) is 2.18. The molecule has 0 radical (unpaired) electrons. The Morgan fingerprint density at radius 3 is 2.85 bits per heavy atom. The summed E-state index contributed by atoms with van der Waals surface area (Å²) in [5.41, 5.74) is -0.477. The molecule has 5 heteroatoms. The van der Waals surface area contributed by atoms with Crippen LogP contribution in [0.3, 0.4) is 0 Å². The first-order valence-electron chi connectivity index (χ1n) is 3.60. The largest absolute Gasteiger partial charge is 0.400 e. The van der Waals surface area contributed by atoms with E-state index in [0.717, 1.165) is 7.11 Å². The van der Waals surface area contributed by atoms with E-state index in [1.165, 1.54) is 18.3 Å². The smallest absolute Gasteiger partial charge is 0.392 e. The first-order valence-corrected chi connectivity index (χ1v) is 3.60. The first kappa shape index (κ1) is 10.0. The number of hydrogen-bond acceptors (Lipinski definition) is 3. The molecule has 0 saturated heterocycles. The van der Waals surface area contributed by atoms with E-state index in [0.29, 0.717) is 0 Å². The second kappa shape index (κ2) is 3.76. The van der Waals surface area contributed by atoms with Crippen molar-refractivity contribution in [1.82, 2.24) is 4.98 Å². The van der Waals surface area contributed by atoms with Gasteiger partial charge in [-0.2, -0.15) is 8.78 Å². The summed E-state index contributed by atoms with van der Waals surface area (Å²) in [5, 5.41) is 8.75. The molecule has 3 nitrogen and oxygen atoms in total. The number of alkyl halides is 2. The van der Waals surface area contributed by atoms with Gasteiger partial charge in [0.25, 0.3) is 0 Å². The third-order valence-electron chi connectivity index (χ3n) is 1.59. The van der Waals surface area contributed by atoms with Crippen LogP contribution in [0.4, 0.5) is 8.78 Å². The number of pyridine rings is 1. The normalized spacial score (nSPS) is 11.7. The molecule has 72 valence electrons. The van der Waals surface area contributed by atoms with E-state index >= 15 is 0 Å². The highest BCUT2D eigenvalue weighted by atomic mass is 19.3. The summed E-state index contributed by atoms with van der Waals surface area (Å²) in [5.74, 6) is 0. The molecule has 1 rings (SSSR count). The molecule has 0 unspecified atom stereocenters. The van der Waals surface area contributed by atoms with Gasteiger partial charge in [-0.05, 0) is 6.07 Å². The molecule has 1 heterocycles. The number of rotatable bonds is 3. The molecule has 0 spiro atoms. The lowest BCUT2D eigenvalue weighted by molar-refractivity contribution is -0.235. The first-order chi connectivity index (χ1) is 6.11. The zero-order chi connectivity index (χ0) is 9.90. The molecule has 0 atom stereocenters. The fraction of sp³-hybridized carbons (Fsp3) is 0.375. The summed E-state index contributed by atoms with van der Waals surface area (Å²) in [7, 11) is 0.885. The molecular formula is C8H9F2NO2. The molecule has 13 heavy (non-hydrogen) atoms. The lowest BCUT2D eigenvalue weighted by atomic mass is 10.2. The summed E-state index contributed by atoms with van der Waals surface area (Å²) < 4.78 is 29.8. The highest BCUT2D eigenvalue weighted by molar-refractivity contribution is 5.21. The Hall–Kier alpha value is -1.07. The van der Waals surface area contributed by atoms with Crippen LogP contribution in [0.5, 0.6) is 0 Å². The second-order valence-electron chi connectivity index (χ2n) is 2.39. The molecule has 0 bridgehead atoms. The Kier molecular flexibility index (Phi) is 2.90. The Bertz CT molecular complexity index is 291. The summed E-state index contributed by atoms with van der Waals surface area (Å²) in [6.07, 6.45) is -2.22. The molecular weight excluding hydrogens is 180 g/mol. The summed E-state index contributed by atoms with van der Waals surface area (Å²) in [6, 6.07) is 2.84. The minimum atomic E-state index is -3.45. The quantitative estimate of drug-likeness (QED) is 0.778. The molecule has 0 saturated carbocycles. The van der Waals surface area contributed by atoms with Crippen molar-refractivity contribution in [3.05, 3.63) is 29.6 Å². The van der Waals surface area contributed by atoms with Crippen molar-refractivity contribution < 1.29 is 18.6 Å². The van der Waals surface area contributed by atoms with Crippen LogP contribution >= 0.6 is 0 Å². The number of hydrogen-bond donors (Lipinski definition) is 1. The highest BCUT2D eigenvalue weighted by Gasteiger charge is 2.35. The lowest BCUT2D eigenvalue weighted by Gasteiger charge is -2.15. The van der Waals surface area contributed by atoms with Crippen LogP contribution in [0.25, 0.3) is 0 Å². The van der Waals surface area contributed by atoms with Crippen LogP contribution < -0.4 is 0 Å². The monoisotopic (exact) mass is 189 g/mol. The highest BCUT2D eigenvalue weighted by Crippen LogP contribution is 2.28. The van der Waals surface area contributed by atoms with Crippen molar-refractivity contribution in [1.29, 1.82) is 0 Å². The third-order valence-corrected chi connectivity index (χ3v) is 1.59. The Labute approximate surface area is 74.0 Å². The van der Waals surface area contributed by atoms with E-state index in [1.54, 1.807) is 0 Å². The van der Waals surface area contributed by atoms with E-state index in [4.69, 9.17) is 5.11 Å². The minimum Gasteiger partial charge on any atom is -0.392 e. The molecule has 0 aliphatic heterocycles. The van der Waals surface area contributed by atoms with Crippen LogP contribution in [0, 0.1) is 0 Å². The Morgan fingerprint density at radius 1 is 1.62 bits per heavy atom. The number of aliphatic hydroxyl groups is 1. The topological polar surface area (TPSA) is 42.4 Å². The van der Waals surface area contributed by atoms with Crippen LogP contribution in [0.2, 0.25) is 0 Å². The maximum Gasteiger partial charge on any atom is 0.400 e. The fourth-order valence-corrected chi connectivity index (χ4v) is 0.925. The van der Waals surface area contributed by atoms with Gasteiger partial charge in [0.05, 0.1) is 6.61 Å². The van der Waals surface area contributed by atoms with Gasteiger partial charge in [-0.25, -0.2) is 0 Å². The van der Waals surface area contributed by atoms with Crippen LogP contribution in [0.1, 0.15) is 11.3 Å². The van der Waals surface area contributed by atoms with Gasteiger partial charge in [-0.1, -0.05) is 6.07 Å². The molecule has 0 aliphatic carbocycles. The summed E-state index contributed by atoms with van der Waals surface area (Å²) >= 11 is 0. The number of aromatic nitrogens is 1. The molecule has 0 fully saturated rings. The van der Waals surface area contributed by atoms with Gasteiger partial charge in [0.2, 0.25) is 0 Å². The van der Waals surface area contributed by atoms with Crippen LogP contribution in [-0.2, 0) is 17.5 Å². The number of ether oxygens (including phenoxy) is 1. The predicted molar refractivity (Wildman–Crippen MR) is 41.1 cm³/mol. The molecule has 1 N–H and O–H groups in total. The predicted octanol–water partition coefficient (Wildman–Crippen LogP) is 1.27. The fourth-order valence-electron chi connectivity index (χ4n) is 0.925. The van der Waals surface area contributed by atoms with Crippen molar-refractivity contribution in [2.75, 3.05) is 7.11 Å². The van der Waals surface area contributed by atoms with Crippen LogP contribution in [-0.4, -0.2) is 17.2 Å². The summed E-state index contributed by atoms with van der Waals surface area (Å²) in [6.45, 7) is -0.484. The Morgan fingerprint density at radius 2 is 2.31 bits per heavy atom. The summed E-state index contributed by atoms with van der Waals surface area (Å²) in [4.78, 5) is 3.46. The van der Waals surface area contributed by atoms with E-state index in [2.05, 4.69) is 9.72 Å². The van der Waals surface area contributed by atoms with Crippen LogP contribution in [0.15, 0.2) is 18.3 Å². The minimum absolute atomic E-state index is 0.0642. The SMILES string of the molecule is COC(F)(F)c1ncccc1CO. The van der Waals surface area contributed by atoms with Gasteiger partial charge in [-0.3, -0.25) is 4.98 Å². The van der Waals surface area contributed by atoms with Gasteiger partial charge in [-0.15, -0.1) is 0 Å². The lowest BCUT2D eigenvalue weighted by Crippen LogP contribution is -2.19. The second-order valence-corrected chi connectivity index (χ2v) is 2.39. The van der Waals surface area contributed by atoms with E-state index in [-0.39, 0.29) is 5.56 Å². The van der Waals surface area contributed by atoms with Gasteiger partial charge in [0.1, 0.15) is 5.69 Å².